The van der Waals surface area contributed by atoms with Gasteiger partial charge in [0.25, 0.3) is 5.91 Å². The number of nitrogens with one attached hydrogen (secondary N) is 1. The molecule has 0 saturated heterocycles. The smallest absolute Gasteiger partial charge is 0.251 e. The number of para-hydroxylation sites is 1. The number of hydrogen-bond donors (Lipinski definition) is 1. The molecule has 1 aliphatic carbocycles. The van der Waals surface area contributed by atoms with Gasteiger partial charge in [-0.3, -0.25) is 9.10 Å². The van der Waals surface area contributed by atoms with Crippen molar-refractivity contribution in [2.75, 3.05) is 17.1 Å². The van der Waals surface area contributed by atoms with Crippen LogP contribution in [0.1, 0.15) is 41.6 Å². The topological polar surface area (TPSA) is 75.7 Å². The van der Waals surface area contributed by atoms with E-state index in [0.717, 1.165) is 18.4 Å². The molecule has 0 spiro atoms. The minimum absolute atomic E-state index is 0.128. The fourth-order valence-corrected chi connectivity index (χ4v) is 4.88. The second kappa shape index (κ2) is 11.2. The molecule has 35 heavy (non-hydrogen) atoms. The quantitative estimate of drug-likeness (QED) is 0.392. The molecule has 182 valence electrons. The Kier molecular flexibility index (Phi) is 7.87. The Morgan fingerprint density at radius 2 is 1.60 bits per heavy atom. The van der Waals surface area contributed by atoms with E-state index in [4.69, 9.17) is 4.74 Å². The van der Waals surface area contributed by atoms with E-state index in [2.05, 4.69) is 11.4 Å². The zero-order valence-corrected chi connectivity index (χ0v) is 20.6. The van der Waals surface area contributed by atoms with Gasteiger partial charge < -0.3 is 10.1 Å². The summed E-state index contributed by atoms with van der Waals surface area (Å²) >= 11 is 0. The Bertz CT molecular complexity index is 1270. The zero-order chi connectivity index (χ0) is 24.7. The monoisotopic (exact) mass is 490 g/mol. The highest BCUT2D eigenvalue weighted by atomic mass is 32.2. The summed E-state index contributed by atoms with van der Waals surface area (Å²) in [5.41, 5.74) is 3.16. The third-order valence-corrected chi connectivity index (χ3v) is 7.05. The Morgan fingerprint density at radius 3 is 2.23 bits per heavy atom. The number of ether oxygens (including phenoxy) is 1. The zero-order valence-electron chi connectivity index (χ0n) is 19.8. The van der Waals surface area contributed by atoms with Crippen molar-refractivity contribution in [1.29, 1.82) is 0 Å². The standard InChI is InChI=1S/C28H30N2O4S/c1-35(32,33)30(25-16-18-27(19-17-25)34-26-10-6-3-7-11-26)21-23-12-14-24(15-13-23)28(31)29-20-22-8-4-2-5-9-22/h3,6-8,10-19H,2,4-5,9,20-21H2,1H3,(H,29,31). The predicted molar refractivity (Wildman–Crippen MR) is 139 cm³/mol. The summed E-state index contributed by atoms with van der Waals surface area (Å²) in [6.07, 6.45) is 7.92. The first-order valence-electron chi connectivity index (χ1n) is 11.7. The molecule has 7 heteroatoms. The summed E-state index contributed by atoms with van der Waals surface area (Å²) < 4.78 is 32.2. The van der Waals surface area contributed by atoms with E-state index in [0.29, 0.717) is 29.3 Å². The maximum atomic E-state index is 12.5. The minimum atomic E-state index is -3.53. The molecule has 1 aliphatic rings. The minimum Gasteiger partial charge on any atom is -0.457 e. The molecule has 3 aromatic carbocycles. The van der Waals surface area contributed by atoms with Crippen LogP contribution in [-0.2, 0) is 16.6 Å². The van der Waals surface area contributed by atoms with Crippen molar-refractivity contribution in [1.82, 2.24) is 5.32 Å². The summed E-state index contributed by atoms with van der Waals surface area (Å²) in [6.45, 7) is 0.735. The number of amides is 1. The molecular weight excluding hydrogens is 460 g/mol. The first-order valence-corrected chi connectivity index (χ1v) is 13.6. The number of anilines is 1. The van der Waals surface area contributed by atoms with Crippen LogP contribution in [0.3, 0.4) is 0 Å². The molecule has 0 heterocycles. The first-order chi connectivity index (χ1) is 16.9. The molecule has 0 bridgehead atoms. The second-order valence-corrected chi connectivity index (χ2v) is 10.6. The maximum absolute atomic E-state index is 12.5. The van der Waals surface area contributed by atoms with Crippen LogP contribution >= 0.6 is 0 Å². The van der Waals surface area contributed by atoms with Crippen molar-refractivity contribution >= 4 is 21.6 Å². The third-order valence-electron chi connectivity index (χ3n) is 5.91. The lowest BCUT2D eigenvalue weighted by Crippen LogP contribution is -2.29. The SMILES string of the molecule is CS(=O)(=O)N(Cc1ccc(C(=O)NCC2=CCCCC2)cc1)c1ccc(Oc2ccccc2)cc1. The Labute approximate surface area is 207 Å². The Hall–Kier alpha value is -3.58. The molecule has 0 unspecified atom stereocenters. The number of sulfonamides is 1. The average Bonchev–Trinajstić information content (AvgIpc) is 2.87. The van der Waals surface area contributed by atoms with Gasteiger partial charge in [-0.05, 0) is 79.8 Å². The van der Waals surface area contributed by atoms with Crippen LogP contribution in [0.5, 0.6) is 11.5 Å². The van der Waals surface area contributed by atoms with Gasteiger partial charge in [0.05, 0.1) is 18.5 Å². The molecule has 0 radical (unpaired) electrons. The van der Waals surface area contributed by atoms with Crippen LogP contribution in [0.2, 0.25) is 0 Å². The number of allylic oxidation sites excluding steroid dienone is 1. The van der Waals surface area contributed by atoms with Crippen LogP contribution in [0.4, 0.5) is 5.69 Å². The summed E-state index contributed by atoms with van der Waals surface area (Å²) in [5.74, 6) is 1.20. The summed E-state index contributed by atoms with van der Waals surface area (Å²) in [7, 11) is -3.53. The van der Waals surface area contributed by atoms with Crippen LogP contribution in [0.25, 0.3) is 0 Å². The van der Waals surface area contributed by atoms with Crippen molar-refractivity contribution < 1.29 is 17.9 Å². The highest BCUT2D eigenvalue weighted by molar-refractivity contribution is 7.92. The van der Waals surface area contributed by atoms with Gasteiger partial charge in [-0.15, -0.1) is 0 Å². The first kappa shape index (κ1) is 24.5. The third kappa shape index (κ3) is 6.96. The number of rotatable bonds is 9. The lowest BCUT2D eigenvalue weighted by Gasteiger charge is -2.23. The molecule has 0 saturated carbocycles. The highest BCUT2D eigenvalue weighted by Gasteiger charge is 2.18. The van der Waals surface area contributed by atoms with Gasteiger partial charge >= 0.3 is 0 Å². The van der Waals surface area contributed by atoms with Gasteiger partial charge in [-0.2, -0.15) is 0 Å². The molecule has 0 aromatic heterocycles. The molecule has 0 aliphatic heterocycles. The predicted octanol–water partition coefficient (Wildman–Crippen LogP) is 5.68. The largest absolute Gasteiger partial charge is 0.457 e. The number of benzene rings is 3. The molecule has 6 nitrogen and oxygen atoms in total. The van der Waals surface area contributed by atoms with Crippen LogP contribution < -0.4 is 14.4 Å². The van der Waals surface area contributed by atoms with E-state index in [1.54, 1.807) is 48.5 Å². The van der Waals surface area contributed by atoms with Crippen molar-refractivity contribution in [3.8, 4) is 11.5 Å². The number of carbonyl (C=O) groups is 1. The van der Waals surface area contributed by atoms with Crippen molar-refractivity contribution in [3.63, 3.8) is 0 Å². The van der Waals surface area contributed by atoms with Crippen molar-refractivity contribution in [2.24, 2.45) is 0 Å². The number of carbonyl (C=O) groups excluding carboxylic acids is 1. The van der Waals surface area contributed by atoms with Gasteiger partial charge in [0.2, 0.25) is 10.0 Å². The lowest BCUT2D eigenvalue weighted by molar-refractivity contribution is 0.0956. The molecule has 4 rings (SSSR count). The maximum Gasteiger partial charge on any atom is 0.251 e. The fourth-order valence-electron chi connectivity index (χ4n) is 3.99. The van der Waals surface area contributed by atoms with Gasteiger partial charge in [0.15, 0.2) is 0 Å². The lowest BCUT2D eigenvalue weighted by atomic mass is 9.99. The average molecular weight is 491 g/mol. The second-order valence-electron chi connectivity index (χ2n) is 8.67. The number of hydrogen-bond acceptors (Lipinski definition) is 4. The molecule has 1 amide bonds. The van der Waals surface area contributed by atoms with Crippen molar-refractivity contribution in [2.45, 2.75) is 32.2 Å². The molecule has 0 atom stereocenters. The summed E-state index contributed by atoms with van der Waals surface area (Å²) in [5, 5.41) is 2.98. The van der Waals surface area contributed by atoms with Crippen LogP contribution in [0, 0.1) is 0 Å². The van der Waals surface area contributed by atoms with Gasteiger partial charge in [0, 0.05) is 12.1 Å². The molecular formula is C28H30N2O4S. The van der Waals surface area contributed by atoms with Crippen LogP contribution in [-0.4, -0.2) is 27.1 Å². The fraction of sp³-hybridized carbons (Fsp3) is 0.250. The Morgan fingerprint density at radius 1 is 0.914 bits per heavy atom. The van der Waals surface area contributed by atoms with E-state index < -0.39 is 10.0 Å². The highest BCUT2D eigenvalue weighted by Crippen LogP contribution is 2.27. The molecule has 0 fully saturated rings. The van der Waals surface area contributed by atoms with Gasteiger partial charge in [0.1, 0.15) is 11.5 Å². The van der Waals surface area contributed by atoms with E-state index in [1.807, 2.05) is 30.3 Å². The molecule has 1 N–H and O–H groups in total. The van der Waals surface area contributed by atoms with Gasteiger partial charge in [-0.1, -0.05) is 42.0 Å². The van der Waals surface area contributed by atoms with E-state index in [-0.39, 0.29) is 12.5 Å². The van der Waals surface area contributed by atoms with E-state index in [9.17, 15) is 13.2 Å². The van der Waals surface area contributed by atoms with Crippen LogP contribution in [0.15, 0.2) is 90.5 Å². The van der Waals surface area contributed by atoms with Gasteiger partial charge in [-0.25, -0.2) is 8.42 Å². The summed E-state index contributed by atoms with van der Waals surface area (Å²) in [6, 6.07) is 23.4. The van der Waals surface area contributed by atoms with E-state index in [1.165, 1.54) is 29.0 Å². The molecule has 3 aromatic rings. The van der Waals surface area contributed by atoms with Crippen molar-refractivity contribution in [3.05, 3.63) is 102 Å². The van der Waals surface area contributed by atoms with E-state index >= 15 is 0 Å². The normalized spacial score (nSPS) is 13.6. The summed E-state index contributed by atoms with van der Waals surface area (Å²) in [4.78, 5) is 12.5. The Balaban J connectivity index is 1.41. The number of nitrogens with zero attached hydrogens (tertiary/aromatic N) is 1.